The van der Waals surface area contributed by atoms with E-state index in [0.29, 0.717) is 23.5 Å². The molecule has 1 aliphatic carbocycles. The molecule has 1 amide bonds. The van der Waals surface area contributed by atoms with Gasteiger partial charge in [0, 0.05) is 37.9 Å². The maximum Gasteiger partial charge on any atom is 0.289 e. The minimum atomic E-state index is 0.0120. The Kier molecular flexibility index (Phi) is 4.77. The van der Waals surface area contributed by atoms with Crippen LogP contribution in [0.5, 0.6) is 5.88 Å². The van der Waals surface area contributed by atoms with E-state index < -0.39 is 0 Å². The monoisotopic (exact) mass is 356 g/mol. The molecule has 26 heavy (non-hydrogen) atoms. The quantitative estimate of drug-likeness (QED) is 0.792. The van der Waals surface area contributed by atoms with Gasteiger partial charge in [-0.1, -0.05) is 0 Å². The number of carbonyl (C=O) groups is 1. The van der Waals surface area contributed by atoms with E-state index in [0.717, 1.165) is 32.5 Å². The highest BCUT2D eigenvalue weighted by Crippen LogP contribution is 2.32. The molecule has 3 heterocycles. The van der Waals surface area contributed by atoms with E-state index in [9.17, 15) is 4.79 Å². The Labute approximate surface area is 153 Å². The molecule has 2 fully saturated rings. The fourth-order valence-corrected chi connectivity index (χ4v) is 3.49. The number of ether oxygens (including phenoxy) is 1. The SMILES string of the molecule is COc1ccnc(N2CCC(N(CC3CC3)C(=O)c3ccco3)CC2)n1. The molecule has 0 bridgehead atoms. The van der Waals surface area contributed by atoms with Crippen LogP contribution in [0.3, 0.4) is 0 Å². The smallest absolute Gasteiger partial charge is 0.289 e. The Balaban J connectivity index is 1.43. The Morgan fingerprint density at radius 2 is 2.12 bits per heavy atom. The minimum Gasteiger partial charge on any atom is -0.481 e. The number of rotatable bonds is 6. The van der Waals surface area contributed by atoms with Crippen LogP contribution in [0.15, 0.2) is 35.1 Å². The van der Waals surface area contributed by atoms with E-state index in [1.807, 2.05) is 4.90 Å². The molecular weight excluding hydrogens is 332 g/mol. The molecule has 0 unspecified atom stereocenters. The van der Waals surface area contributed by atoms with E-state index in [1.54, 1.807) is 37.8 Å². The van der Waals surface area contributed by atoms with Crippen molar-refractivity contribution in [2.75, 3.05) is 31.6 Å². The summed E-state index contributed by atoms with van der Waals surface area (Å²) >= 11 is 0. The lowest BCUT2D eigenvalue weighted by Crippen LogP contribution is -2.48. The van der Waals surface area contributed by atoms with Gasteiger partial charge in [0.25, 0.3) is 5.91 Å². The first kappa shape index (κ1) is 16.9. The van der Waals surface area contributed by atoms with Crippen molar-refractivity contribution in [3.05, 3.63) is 36.4 Å². The number of anilines is 1. The van der Waals surface area contributed by atoms with Crippen LogP contribution in [0.2, 0.25) is 0 Å². The summed E-state index contributed by atoms with van der Waals surface area (Å²) in [7, 11) is 1.61. The van der Waals surface area contributed by atoms with Crippen molar-refractivity contribution >= 4 is 11.9 Å². The topological polar surface area (TPSA) is 71.7 Å². The van der Waals surface area contributed by atoms with E-state index in [-0.39, 0.29) is 11.9 Å². The Morgan fingerprint density at radius 1 is 1.31 bits per heavy atom. The molecule has 1 aliphatic heterocycles. The molecule has 0 N–H and O–H groups in total. The first-order chi connectivity index (χ1) is 12.7. The van der Waals surface area contributed by atoms with Crippen LogP contribution in [0, 0.1) is 5.92 Å². The molecule has 2 aromatic rings. The molecule has 2 aromatic heterocycles. The molecule has 4 rings (SSSR count). The van der Waals surface area contributed by atoms with E-state index in [4.69, 9.17) is 9.15 Å². The summed E-state index contributed by atoms with van der Waals surface area (Å²) in [4.78, 5) is 25.8. The number of nitrogens with zero attached hydrogens (tertiary/aromatic N) is 4. The molecule has 0 atom stereocenters. The number of hydrogen-bond acceptors (Lipinski definition) is 6. The highest BCUT2D eigenvalue weighted by atomic mass is 16.5. The summed E-state index contributed by atoms with van der Waals surface area (Å²) in [5.74, 6) is 2.35. The zero-order valence-corrected chi connectivity index (χ0v) is 15.0. The fourth-order valence-electron chi connectivity index (χ4n) is 3.49. The third-order valence-electron chi connectivity index (χ3n) is 5.16. The second kappa shape index (κ2) is 7.35. The number of methoxy groups -OCH3 is 1. The largest absolute Gasteiger partial charge is 0.481 e. The summed E-state index contributed by atoms with van der Waals surface area (Å²) in [5, 5.41) is 0. The Bertz CT molecular complexity index is 737. The zero-order chi connectivity index (χ0) is 17.9. The van der Waals surface area contributed by atoms with Crippen molar-refractivity contribution in [3.8, 4) is 5.88 Å². The number of furan rings is 1. The predicted octanol–water partition coefficient (Wildman–Crippen LogP) is 2.60. The van der Waals surface area contributed by atoms with Gasteiger partial charge in [0.05, 0.1) is 13.4 Å². The van der Waals surface area contributed by atoms with Crippen molar-refractivity contribution in [1.29, 1.82) is 0 Å². The molecule has 138 valence electrons. The van der Waals surface area contributed by atoms with Crippen molar-refractivity contribution in [2.45, 2.75) is 31.7 Å². The number of amides is 1. The van der Waals surface area contributed by atoms with Gasteiger partial charge in [0.1, 0.15) is 0 Å². The van der Waals surface area contributed by atoms with Gasteiger partial charge in [-0.2, -0.15) is 4.98 Å². The molecule has 0 spiro atoms. The first-order valence-corrected chi connectivity index (χ1v) is 9.21. The van der Waals surface area contributed by atoms with Crippen LogP contribution in [-0.2, 0) is 0 Å². The van der Waals surface area contributed by atoms with Crippen molar-refractivity contribution in [3.63, 3.8) is 0 Å². The van der Waals surface area contributed by atoms with E-state index in [1.165, 1.54) is 12.8 Å². The van der Waals surface area contributed by atoms with Crippen molar-refractivity contribution in [2.24, 2.45) is 5.92 Å². The Morgan fingerprint density at radius 3 is 2.77 bits per heavy atom. The van der Waals surface area contributed by atoms with Gasteiger partial charge >= 0.3 is 0 Å². The lowest BCUT2D eigenvalue weighted by atomic mass is 10.0. The summed E-state index contributed by atoms with van der Waals surface area (Å²) in [6.45, 7) is 2.48. The fraction of sp³-hybridized carbons (Fsp3) is 0.526. The number of aromatic nitrogens is 2. The van der Waals surface area contributed by atoms with Gasteiger partial charge in [-0.3, -0.25) is 4.79 Å². The summed E-state index contributed by atoms with van der Waals surface area (Å²) in [6.07, 6.45) is 7.52. The van der Waals surface area contributed by atoms with E-state index >= 15 is 0 Å². The van der Waals surface area contributed by atoms with Crippen LogP contribution in [0.25, 0.3) is 0 Å². The second-order valence-corrected chi connectivity index (χ2v) is 7.00. The summed E-state index contributed by atoms with van der Waals surface area (Å²) < 4.78 is 10.5. The van der Waals surface area contributed by atoms with Gasteiger partial charge in [0.2, 0.25) is 11.8 Å². The maximum atomic E-state index is 12.9. The normalized spacial score (nSPS) is 18.0. The van der Waals surface area contributed by atoms with Gasteiger partial charge in [0.15, 0.2) is 5.76 Å². The highest BCUT2D eigenvalue weighted by Gasteiger charge is 2.34. The summed E-state index contributed by atoms with van der Waals surface area (Å²) in [6, 6.07) is 5.50. The highest BCUT2D eigenvalue weighted by molar-refractivity contribution is 5.91. The molecule has 7 nitrogen and oxygen atoms in total. The van der Waals surface area contributed by atoms with Gasteiger partial charge < -0.3 is 19.0 Å². The molecule has 0 radical (unpaired) electrons. The van der Waals surface area contributed by atoms with Crippen LogP contribution in [-0.4, -0.2) is 53.6 Å². The standard InChI is InChI=1S/C19H24N4O3/c1-25-17-6-9-20-19(21-17)22-10-7-15(8-11-22)23(13-14-4-5-14)18(24)16-3-2-12-26-16/h2-3,6,9,12,14-15H,4-5,7-8,10-11,13H2,1H3. The first-order valence-electron chi connectivity index (χ1n) is 9.21. The van der Waals surface area contributed by atoms with Gasteiger partial charge in [-0.05, 0) is 43.7 Å². The zero-order valence-electron chi connectivity index (χ0n) is 15.0. The minimum absolute atomic E-state index is 0.0120. The average Bonchev–Trinajstić information content (AvgIpc) is 3.35. The number of hydrogen-bond donors (Lipinski definition) is 0. The number of carbonyl (C=O) groups excluding carboxylic acids is 1. The third kappa shape index (κ3) is 3.66. The van der Waals surface area contributed by atoms with Crippen molar-refractivity contribution in [1.82, 2.24) is 14.9 Å². The predicted molar refractivity (Wildman–Crippen MR) is 96.3 cm³/mol. The summed E-state index contributed by atoms with van der Waals surface area (Å²) in [5.41, 5.74) is 0. The molecule has 1 saturated heterocycles. The van der Waals surface area contributed by atoms with Crippen LogP contribution >= 0.6 is 0 Å². The van der Waals surface area contributed by atoms with E-state index in [2.05, 4.69) is 14.9 Å². The molecule has 1 saturated carbocycles. The van der Waals surface area contributed by atoms with Crippen molar-refractivity contribution < 1.29 is 13.9 Å². The van der Waals surface area contributed by atoms with Gasteiger partial charge in [-0.25, -0.2) is 4.98 Å². The lowest BCUT2D eigenvalue weighted by Gasteiger charge is -2.38. The average molecular weight is 356 g/mol. The molecule has 2 aliphatic rings. The molecular formula is C19H24N4O3. The van der Waals surface area contributed by atoms with Crippen LogP contribution < -0.4 is 9.64 Å². The number of piperidine rings is 1. The lowest BCUT2D eigenvalue weighted by molar-refractivity contribution is 0.0605. The maximum absolute atomic E-state index is 12.9. The second-order valence-electron chi connectivity index (χ2n) is 7.00. The Hall–Kier alpha value is -2.57. The van der Waals surface area contributed by atoms with Crippen LogP contribution in [0.4, 0.5) is 5.95 Å². The van der Waals surface area contributed by atoms with Crippen LogP contribution in [0.1, 0.15) is 36.2 Å². The molecule has 7 heteroatoms. The molecule has 0 aromatic carbocycles. The third-order valence-corrected chi connectivity index (χ3v) is 5.16. The van der Waals surface area contributed by atoms with Gasteiger partial charge in [-0.15, -0.1) is 0 Å².